The summed E-state index contributed by atoms with van der Waals surface area (Å²) in [4.78, 5) is 21.9. The average Bonchev–Trinajstić information content (AvgIpc) is 2.72. The molecule has 6 heteroatoms. The first kappa shape index (κ1) is 12.3. The average molecular weight is 226 g/mol. The van der Waals surface area contributed by atoms with Crippen LogP contribution in [-0.4, -0.2) is 30.1 Å². The van der Waals surface area contributed by atoms with Crippen molar-refractivity contribution in [1.82, 2.24) is 10.6 Å². The second kappa shape index (κ2) is 5.32. The Bertz CT molecular complexity index is 386. The van der Waals surface area contributed by atoms with Gasteiger partial charge in [-0.15, -0.1) is 0 Å². The van der Waals surface area contributed by atoms with E-state index in [0.717, 1.165) is 0 Å². The lowest BCUT2D eigenvalue weighted by Gasteiger charge is -2.11. The number of carbonyl (C=O) groups is 2. The number of likely N-dealkylation sites (N-methyl/N-ethyl adjacent to an activating group) is 1. The summed E-state index contributed by atoms with van der Waals surface area (Å²) in [6.45, 7) is 1.96. The molecule has 0 spiro atoms. The van der Waals surface area contributed by atoms with Crippen molar-refractivity contribution < 1.29 is 19.1 Å². The van der Waals surface area contributed by atoms with E-state index < -0.39 is 5.97 Å². The van der Waals surface area contributed by atoms with Gasteiger partial charge in [0.25, 0.3) is 0 Å². The lowest BCUT2D eigenvalue weighted by atomic mass is 10.2. The van der Waals surface area contributed by atoms with Crippen molar-refractivity contribution in [3.05, 3.63) is 23.7 Å². The first-order chi connectivity index (χ1) is 7.56. The largest absolute Gasteiger partial charge is 0.475 e. The molecule has 0 saturated heterocycles. The van der Waals surface area contributed by atoms with E-state index in [1.165, 1.54) is 6.26 Å². The molecular formula is C10H14N2O4. The molecule has 0 radical (unpaired) electrons. The molecule has 1 atom stereocenters. The van der Waals surface area contributed by atoms with E-state index >= 15 is 0 Å². The third-order valence-electron chi connectivity index (χ3n) is 2.18. The third kappa shape index (κ3) is 2.83. The number of carboxylic acids is 1. The van der Waals surface area contributed by atoms with Gasteiger partial charge in [-0.25, -0.2) is 4.79 Å². The Labute approximate surface area is 92.6 Å². The molecule has 1 aromatic heterocycles. The van der Waals surface area contributed by atoms with Crippen molar-refractivity contribution in [3.63, 3.8) is 0 Å². The summed E-state index contributed by atoms with van der Waals surface area (Å²) < 4.78 is 4.81. The fourth-order valence-electron chi connectivity index (χ4n) is 1.23. The lowest BCUT2D eigenvalue weighted by Crippen LogP contribution is -2.40. The van der Waals surface area contributed by atoms with Crippen LogP contribution in [-0.2, 0) is 11.3 Å². The van der Waals surface area contributed by atoms with Crippen molar-refractivity contribution in [2.45, 2.75) is 19.5 Å². The summed E-state index contributed by atoms with van der Waals surface area (Å²) in [7, 11) is 1.54. The number of amides is 1. The van der Waals surface area contributed by atoms with E-state index in [4.69, 9.17) is 9.52 Å². The van der Waals surface area contributed by atoms with Gasteiger partial charge in [-0.3, -0.25) is 4.79 Å². The van der Waals surface area contributed by atoms with E-state index in [1.807, 2.05) is 0 Å². The van der Waals surface area contributed by atoms with Gasteiger partial charge in [0.2, 0.25) is 11.7 Å². The predicted molar refractivity (Wildman–Crippen MR) is 56.0 cm³/mol. The predicted octanol–water partition coefficient (Wildman–Crippen LogP) is 0.202. The molecule has 16 heavy (non-hydrogen) atoms. The van der Waals surface area contributed by atoms with Crippen LogP contribution in [0.4, 0.5) is 0 Å². The minimum absolute atomic E-state index is 0.100. The molecule has 6 nitrogen and oxygen atoms in total. The minimum Gasteiger partial charge on any atom is -0.475 e. The van der Waals surface area contributed by atoms with E-state index in [9.17, 15) is 9.59 Å². The molecule has 3 N–H and O–H groups in total. The van der Waals surface area contributed by atoms with Crippen LogP contribution in [0, 0.1) is 0 Å². The van der Waals surface area contributed by atoms with Gasteiger partial charge in [0.15, 0.2) is 0 Å². The molecule has 0 aromatic carbocycles. The fourth-order valence-corrected chi connectivity index (χ4v) is 1.23. The number of rotatable bonds is 5. The quantitative estimate of drug-likeness (QED) is 0.667. The van der Waals surface area contributed by atoms with Crippen LogP contribution >= 0.6 is 0 Å². The summed E-state index contributed by atoms with van der Waals surface area (Å²) in [5, 5.41) is 14.2. The van der Waals surface area contributed by atoms with Crippen LogP contribution in [0.5, 0.6) is 0 Å². The molecule has 88 valence electrons. The van der Waals surface area contributed by atoms with Crippen LogP contribution in [0.25, 0.3) is 0 Å². The number of hydrogen-bond donors (Lipinski definition) is 3. The van der Waals surface area contributed by atoms with Gasteiger partial charge in [-0.1, -0.05) is 0 Å². The van der Waals surface area contributed by atoms with Crippen molar-refractivity contribution in [1.29, 1.82) is 0 Å². The molecule has 1 aromatic rings. The van der Waals surface area contributed by atoms with E-state index in [-0.39, 0.29) is 24.3 Å². The van der Waals surface area contributed by atoms with Crippen molar-refractivity contribution in [3.8, 4) is 0 Å². The molecule has 0 bridgehead atoms. The van der Waals surface area contributed by atoms with Gasteiger partial charge in [-0.05, 0) is 13.0 Å². The summed E-state index contributed by atoms with van der Waals surface area (Å²) in [5.41, 5.74) is 0.517. The van der Waals surface area contributed by atoms with Crippen LogP contribution in [0.3, 0.4) is 0 Å². The van der Waals surface area contributed by atoms with Crippen molar-refractivity contribution in [2.75, 3.05) is 7.05 Å². The highest BCUT2D eigenvalue weighted by Gasteiger charge is 2.16. The van der Waals surface area contributed by atoms with Gasteiger partial charge in [-0.2, -0.15) is 0 Å². The molecule has 1 unspecified atom stereocenters. The number of hydrogen-bond acceptors (Lipinski definition) is 4. The van der Waals surface area contributed by atoms with Crippen LogP contribution < -0.4 is 10.6 Å². The second-order valence-corrected chi connectivity index (χ2v) is 3.30. The SMILES string of the molecule is CNC(=O)C(C)NCc1ccoc1C(=O)O. The maximum atomic E-state index is 11.2. The Morgan fingerprint density at radius 2 is 2.25 bits per heavy atom. The Morgan fingerprint density at radius 1 is 1.56 bits per heavy atom. The van der Waals surface area contributed by atoms with Crippen molar-refractivity contribution in [2.24, 2.45) is 0 Å². The highest BCUT2D eigenvalue weighted by molar-refractivity contribution is 5.86. The molecule has 0 aliphatic rings. The molecule has 0 saturated carbocycles. The van der Waals surface area contributed by atoms with E-state index in [2.05, 4.69) is 10.6 Å². The number of nitrogens with one attached hydrogen (secondary N) is 2. The monoisotopic (exact) mass is 226 g/mol. The zero-order valence-electron chi connectivity index (χ0n) is 9.11. The standard InChI is InChI=1S/C10H14N2O4/c1-6(9(13)11-2)12-5-7-3-4-16-8(7)10(14)15/h3-4,6,12H,5H2,1-2H3,(H,11,13)(H,14,15). The number of furan rings is 1. The Hall–Kier alpha value is -1.82. The number of aromatic carboxylic acids is 1. The van der Waals surface area contributed by atoms with Crippen LogP contribution in [0.2, 0.25) is 0 Å². The summed E-state index contributed by atoms with van der Waals surface area (Å²) in [6, 6.07) is 1.18. The topological polar surface area (TPSA) is 91.6 Å². The second-order valence-electron chi connectivity index (χ2n) is 3.30. The highest BCUT2D eigenvalue weighted by Crippen LogP contribution is 2.10. The van der Waals surface area contributed by atoms with Crippen LogP contribution in [0.1, 0.15) is 23.0 Å². The maximum Gasteiger partial charge on any atom is 0.372 e. The van der Waals surface area contributed by atoms with E-state index in [1.54, 1.807) is 20.0 Å². The molecule has 0 fully saturated rings. The van der Waals surface area contributed by atoms with Gasteiger partial charge < -0.3 is 20.2 Å². The number of carbonyl (C=O) groups excluding carboxylic acids is 1. The molecular weight excluding hydrogens is 212 g/mol. The minimum atomic E-state index is -1.12. The maximum absolute atomic E-state index is 11.2. The third-order valence-corrected chi connectivity index (χ3v) is 2.18. The Morgan fingerprint density at radius 3 is 2.81 bits per heavy atom. The Kier molecular flexibility index (Phi) is 4.07. The number of carboxylic acid groups (broad SMARTS) is 1. The van der Waals surface area contributed by atoms with Gasteiger partial charge in [0.05, 0.1) is 12.3 Å². The molecule has 0 aliphatic heterocycles. The smallest absolute Gasteiger partial charge is 0.372 e. The van der Waals surface area contributed by atoms with Crippen LogP contribution in [0.15, 0.2) is 16.7 Å². The van der Waals surface area contributed by atoms with Gasteiger partial charge in [0, 0.05) is 19.2 Å². The zero-order valence-corrected chi connectivity index (χ0v) is 9.11. The first-order valence-electron chi connectivity index (χ1n) is 4.81. The van der Waals surface area contributed by atoms with Gasteiger partial charge >= 0.3 is 5.97 Å². The van der Waals surface area contributed by atoms with Gasteiger partial charge in [0.1, 0.15) is 0 Å². The molecule has 0 aliphatic carbocycles. The molecule has 1 heterocycles. The lowest BCUT2D eigenvalue weighted by molar-refractivity contribution is -0.122. The summed E-state index contributed by atoms with van der Waals surface area (Å²) in [5.74, 6) is -1.37. The molecule has 1 amide bonds. The Balaban J connectivity index is 2.58. The van der Waals surface area contributed by atoms with Crippen molar-refractivity contribution >= 4 is 11.9 Å². The van der Waals surface area contributed by atoms with E-state index in [0.29, 0.717) is 5.56 Å². The normalized spacial score (nSPS) is 12.1. The highest BCUT2D eigenvalue weighted by atomic mass is 16.4. The first-order valence-corrected chi connectivity index (χ1v) is 4.81. The zero-order chi connectivity index (χ0) is 12.1. The molecule has 1 rings (SSSR count). The fraction of sp³-hybridized carbons (Fsp3) is 0.400. The summed E-state index contributed by atoms with van der Waals surface area (Å²) in [6.07, 6.45) is 1.31. The summed E-state index contributed by atoms with van der Waals surface area (Å²) >= 11 is 0.